The summed E-state index contributed by atoms with van der Waals surface area (Å²) in [7, 11) is -2.09. The molecule has 144 valence electrons. The largest absolute Gasteiger partial charge is 0.341 e. The van der Waals surface area contributed by atoms with E-state index in [4.69, 9.17) is 0 Å². The van der Waals surface area contributed by atoms with Crippen molar-refractivity contribution in [3.05, 3.63) is 35.9 Å². The molecular weight excluding hydrogens is 350 g/mol. The van der Waals surface area contributed by atoms with E-state index in [2.05, 4.69) is 0 Å². The normalized spacial score (nSPS) is 24.7. The molecule has 1 aromatic carbocycles. The molecule has 1 unspecified atom stereocenters. The van der Waals surface area contributed by atoms with Crippen LogP contribution in [0.2, 0.25) is 0 Å². The van der Waals surface area contributed by atoms with Gasteiger partial charge >= 0.3 is 0 Å². The zero-order valence-corrected chi connectivity index (χ0v) is 16.5. The van der Waals surface area contributed by atoms with Crippen LogP contribution in [0.4, 0.5) is 0 Å². The molecule has 2 aliphatic rings. The minimum Gasteiger partial charge on any atom is -0.341 e. The number of carbonyl (C=O) groups is 1. The van der Waals surface area contributed by atoms with Crippen LogP contribution in [-0.2, 0) is 21.5 Å². The van der Waals surface area contributed by atoms with Crippen LogP contribution in [0.3, 0.4) is 0 Å². The highest BCUT2D eigenvalue weighted by Crippen LogP contribution is 2.40. The van der Waals surface area contributed by atoms with Gasteiger partial charge in [0.25, 0.3) is 10.2 Å². The number of piperidine rings is 1. The predicted octanol–water partition coefficient (Wildman–Crippen LogP) is 2.23. The molecule has 0 radical (unpaired) electrons. The number of benzene rings is 1. The second-order valence-electron chi connectivity index (χ2n) is 7.35. The van der Waals surface area contributed by atoms with E-state index >= 15 is 0 Å². The summed E-state index contributed by atoms with van der Waals surface area (Å²) in [4.78, 5) is 15.0. The lowest BCUT2D eigenvalue weighted by Crippen LogP contribution is -2.62. The Labute approximate surface area is 157 Å². The van der Waals surface area contributed by atoms with Gasteiger partial charge in [0.05, 0.1) is 0 Å². The molecule has 1 aromatic rings. The highest BCUT2D eigenvalue weighted by Gasteiger charge is 2.55. The molecule has 0 saturated carbocycles. The first kappa shape index (κ1) is 19.3. The van der Waals surface area contributed by atoms with Crippen LogP contribution in [0.5, 0.6) is 0 Å². The monoisotopic (exact) mass is 379 g/mol. The number of hydrogen-bond acceptors (Lipinski definition) is 3. The molecular formula is C19H29N3O3S. The molecule has 6 nitrogen and oxygen atoms in total. The fourth-order valence-corrected chi connectivity index (χ4v) is 6.00. The molecule has 0 aliphatic carbocycles. The molecule has 0 bridgehead atoms. The van der Waals surface area contributed by atoms with Gasteiger partial charge in [-0.2, -0.15) is 17.0 Å². The minimum absolute atomic E-state index is 0.000198. The van der Waals surface area contributed by atoms with E-state index in [0.717, 1.165) is 31.4 Å². The smallest absolute Gasteiger partial charge is 0.283 e. The highest BCUT2D eigenvalue weighted by molar-refractivity contribution is 7.86. The van der Waals surface area contributed by atoms with Crippen molar-refractivity contribution in [3.8, 4) is 0 Å². The number of likely N-dealkylation sites (tertiary alicyclic amines) is 1. The summed E-state index contributed by atoms with van der Waals surface area (Å²) in [5.41, 5.74) is 0.0615. The maximum absolute atomic E-state index is 13.3. The second kappa shape index (κ2) is 7.66. The summed E-state index contributed by atoms with van der Waals surface area (Å²) in [6.07, 6.45) is 3.75. The van der Waals surface area contributed by atoms with Gasteiger partial charge in [-0.1, -0.05) is 37.3 Å². The molecule has 3 rings (SSSR count). The molecule has 2 fully saturated rings. The number of amides is 1. The lowest BCUT2D eigenvalue weighted by atomic mass is 9.86. The lowest BCUT2D eigenvalue weighted by Gasteiger charge is -2.44. The van der Waals surface area contributed by atoms with Crippen molar-refractivity contribution in [2.45, 2.75) is 51.1 Å². The SMILES string of the molecule is CCCN1CCCC2(CCCN2S(=O)(=O)N(C)Cc2ccccc2)C1=O. The van der Waals surface area contributed by atoms with E-state index in [1.165, 1.54) is 8.61 Å². The Morgan fingerprint density at radius 3 is 2.42 bits per heavy atom. The van der Waals surface area contributed by atoms with Crippen molar-refractivity contribution in [1.29, 1.82) is 0 Å². The van der Waals surface area contributed by atoms with Gasteiger partial charge in [-0.3, -0.25) is 4.79 Å². The third-order valence-corrected chi connectivity index (χ3v) is 7.55. The summed E-state index contributed by atoms with van der Waals surface area (Å²) in [6.45, 7) is 4.22. The number of nitrogens with zero attached hydrogens (tertiary/aromatic N) is 3. The van der Waals surface area contributed by atoms with Crippen molar-refractivity contribution in [2.24, 2.45) is 0 Å². The Balaban J connectivity index is 1.85. The van der Waals surface area contributed by atoms with Gasteiger partial charge in [0, 0.05) is 33.2 Å². The molecule has 1 amide bonds. The highest BCUT2D eigenvalue weighted by atomic mass is 32.2. The Bertz CT molecular complexity index is 736. The third-order valence-electron chi connectivity index (χ3n) is 5.55. The molecule has 2 heterocycles. The number of carbonyl (C=O) groups excluding carboxylic acids is 1. The van der Waals surface area contributed by atoms with Crippen LogP contribution < -0.4 is 0 Å². The molecule has 26 heavy (non-hydrogen) atoms. The number of hydrogen-bond donors (Lipinski definition) is 0. The summed E-state index contributed by atoms with van der Waals surface area (Å²) in [6, 6.07) is 9.55. The lowest BCUT2D eigenvalue weighted by molar-refractivity contribution is -0.144. The first-order chi connectivity index (χ1) is 12.4. The first-order valence-electron chi connectivity index (χ1n) is 9.49. The van der Waals surface area contributed by atoms with Crippen LogP contribution in [0.15, 0.2) is 30.3 Å². The van der Waals surface area contributed by atoms with Gasteiger partial charge in [-0.15, -0.1) is 0 Å². The average molecular weight is 380 g/mol. The molecule has 0 N–H and O–H groups in total. The van der Waals surface area contributed by atoms with E-state index in [1.54, 1.807) is 7.05 Å². The van der Waals surface area contributed by atoms with Crippen molar-refractivity contribution >= 4 is 16.1 Å². The van der Waals surface area contributed by atoms with Crippen molar-refractivity contribution in [1.82, 2.24) is 13.5 Å². The Kier molecular flexibility index (Phi) is 5.69. The Hall–Kier alpha value is -1.44. The molecule has 1 spiro atoms. The van der Waals surface area contributed by atoms with Gasteiger partial charge in [0.15, 0.2) is 0 Å². The van der Waals surface area contributed by atoms with Gasteiger partial charge in [0.1, 0.15) is 5.54 Å². The van der Waals surface area contributed by atoms with Gasteiger partial charge in [-0.25, -0.2) is 0 Å². The van der Waals surface area contributed by atoms with Crippen LogP contribution in [0, 0.1) is 0 Å². The maximum Gasteiger partial charge on any atom is 0.283 e. The maximum atomic E-state index is 13.3. The quantitative estimate of drug-likeness (QED) is 0.761. The van der Waals surface area contributed by atoms with Crippen LogP contribution in [-0.4, -0.2) is 60.1 Å². The van der Waals surface area contributed by atoms with Crippen LogP contribution in [0.25, 0.3) is 0 Å². The number of rotatable bonds is 6. The molecule has 0 aromatic heterocycles. The van der Waals surface area contributed by atoms with Crippen molar-refractivity contribution in [3.63, 3.8) is 0 Å². The zero-order valence-electron chi connectivity index (χ0n) is 15.7. The summed E-state index contributed by atoms with van der Waals surface area (Å²) >= 11 is 0. The Morgan fingerprint density at radius 1 is 1.12 bits per heavy atom. The minimum atomic E-state index is -3.70. The van der Waals surface area contributed by atoms with Crippen LogP contribution >= 0.6 is 0 Å². The van der Waals surface area contributed by atoms with E-state index in [0.29, 0.717) is 32.5 Å². The zero-order chi connectivity index (χ0) is 18.8. The van der Waals surface area contributed by atoms with E-state index in [-0.39, 0.29) is 5.91 Å². The molecule has 2 aliphatic heterocycles. The first-order valence-corrected chi connectivity index (χ1v) is 10.9. The van der Waals surface area contributed by atoms with Crippen LogP contribution in [0.1, 0.15) is 44.6 Å². The topological polar surface area (TPSA) is 60.9 Å². The van der Waals surface area contributed by atoms with E-state index in [9.17, 15) is 13.2 Å². The van der Waals surface area contributed by atoms with Gasteiger partial charge in [0.2, 0.25) is 5.91 Å². The van der Waals surface area contributed by atoms with Gasteiger partial charge in [-0.05, 0) is 37.7 Å². The van der Waals surface area contributed by atoms with Crippen molar-refractivity contribution in [2.75, 3.05) is 26.7 Å². The fourth-order valence-electron chi connectivity index (χ4n) is 4.29. The van der Waals surface area contributed by atoms with E-state index < -0.39 is 15.7 Å². The molecule has 2 saturated heterocycles. The predicted molar refractivity (Wildman–Crippen MR) is 102 cm³/mol. The standard InChI is InChI=1S/C19H29N3O3S/c1-3-13-21-14-7-11-19(18(21)23)12-8-15-22(19)26(24,25)20(2)16-17-9-5-4-6-10-17/h4-6,9-10H,3,7-8,11-16H2,1-2H3. The summed E-state index contributed by atoms with van der Waals surface area (Å²) < 4.78 is 29.5. The average Bonchev–Trinajstić information content (AvgIpc) is 3.05. The molecule has 1 atom stereocenters. The molecule has 7 heteroatoms. The van der Waals surface area contributed by atoms with E-state index in [1.807, 2.05) is 42.2 Å². The summed E-state index contributed by atoms with van der Waals surface area (Å²) in [5, 5.41) is 0. The van der Waals surface area contributed by atoms with Crippen molar-refractivity contribution < 1.29 is 13.2 Å². The Morgan fingerprint density at radius 2 is 1.77 bits per heavy atom. The summed E-state index contributed by atoms with van der Waals surface area (Å²) in [5.74, 6) is -0.000198. The third kappa shape index (κ3) is 3.40. The second-order valence-corrected chi connectivity index (χ2v) is 9.31. The van der Waals surface area contributed by atoms with Gasteiger partial charge < -0.3 is 4.90 Å². The fraction of sp³-hybridized carbons (Fsp3) is 0.632.